The first-order chi connectivity index (χ1) is 13.0. The molecule has 0 radical (unpaired) electrons. The van der Waals surface area contributed by atoms with Crippen molar-refractivity contribution in [2.75, 3.05) is 43.1 Å². The predicted molar refractivity (Wildman–Crippen MR) is 112 cm³/mol. The minimum atomic E-state index is 0.0333. The van der Waals surface area contributed by atoms with E-state index in [1.54, 1.807) is 4.68 Å². The third-order valence-corrected chi connectivity index (χ3v) is 4.87. The summed E-state index contributed by atoms with van der Waals surface area (Å²) in [7, 11) is 0. The minimum absolute atomic E-state index is 0.0333. The van der Waals surface area contributed by atoms with Crippen LogP contribution in [0.3, 0.4) is 0 Å². The van der Waals surface area contributed by atoms with Gasteiger partial charge in [-0.3, -0.25) is 4.79 Å². The average molecular weight is 411 g/mol. The van der Waals surface area contributed by atoms with Gasteiger partial charge >= 0.3 is 0 Å². The maximum absolute atomic E-state index is 12.5. The summed E-state index contributed by atoms with van der Waals surface area (Å²) in [6.07, 6.45) is 3.13. The van der Waals surface area contributed by atoms with Gasteiger partial charge in [0.05, 0.1) is 0 Å². The molecule has 1 saturated heterocycles. The molecule has 0 bridgehead atoms. The maximum Gasteiger partial charge on any atom is 0.244 e. The molecule has 7 nitrogen and oxygen atoms in total. The van der Waals surface area contributed by atoms with Crippen molar-refractivity contribution in [1.29, 1.82) is 0 Å². The van der Waals surface area contributed by atoms with Crippen molar-refractivity contribution in [3.8, 4) is 0 Å². The average Bonchev–Trinajstić information content (AvgIpc) is 3.02. The fraction of sp³-hybridized carbons (Fsp3) is 0.500. The fourth-order valence-electron chi connectivity index (χ4n) is 2.69. The molecular formula is C18H27ClN6OS. The van der Waals surface area contributed by atoms with Crippen molar-refractivity contribution >= 4 is 40.9 Å². The number of hydrogen-bond donors (Lipinski definition) is 1. The number of nitrogens with zero attached hydrogens (tertiary/aromatic N) is 5. The Morgan fingerprint density at radius 3 is 2.33 bits per heavy atom. The molecule has 0 unspecified atom stereocenters. The highest BCUT2D eigenvalue weighted by Gasteiger charge is 2.22. The van der Waals surface area contributed by atoms with E-state index in [-0.39, 0.29) is 18.4 Å². The highest BCUT2D eigenvalue weighted by Crippen LogP contribution is 2.20. The van der Waals surface area contributed by atoms with Crippen molar-refractivity contribution in [3.05, 3.63) is 29.3 Å². The largest absolute Gasteiger partial charge is 0.368 e. The fourth-order valence-corrected chi connectivity index (χ4v) is 3.32. The van der Waals surface area contributed by atoms with Crippen LogP contribution in [0, 0.1) is 0 Å². The topological polar surface area (TPSA) is 80.3 Å². The summed E-state index contributed by atoms with van der Waals surface area (Å²) >= 11 is 7.35. The van der Waals surface area contributed by atoms with Crippen LogP contribution < -0.4 is 10.6 Å². The molecule has 1 aromatic carbocycles. The number of nitrogens with two attached hydrogens (primary N) is 1. The standard InChI is InChI=1S/C15H19ClN6OS.C3H8/c1-24-15-18-14(17)19-22(15)10-13(23)21-8-6-20(7-9-21)12-4-2-11(16)3-5-12;1-3-2/h2-5H,6-10H2,1H3,(H2,17,19);3H2,1-2H3. The van der Waals surface area contributed by atoms with E-state index in [2.05, 4.69) is 28.8 Å². The van der Waals surface area contributed by atoms with Gasteiger partial charge in [-0.25, -0.2) is 4.68 Å². The van der Waals surface area contributed by atoms with E-state index in [4.69, 9.17) is 17.3 Å². The minimum Gasteiger partial charge on any atom is -0.368 e. The highest BCUT2D eigenvalue weighted by atomic mass is 35.5. The SMILES string of the molecule is CCC.CSc1nc(N)nn1CC(=O)N1CCN(c2ccc(Cl)cc2)CC1. The van der Waals surface area contributed by atoms with E-state index in [9.17, 15) is 4.79 Å². The summed E-state index contributed by atoms with van der Waals surface area (Å²) in [6, 6.07) is 7.77. The van der Waals surface area contributed by atoms with E-state index < -0.39 is 0 Å². The van der Waals surface area contributed by atoms with Crippen LogP contribution in [0.15, 0.2) is 29.4 Å². The Labute approximate surface area is 169 Å². The second kappa shape index (κ2) is 10.4. The van der Waals surface area contributed by atoms with Gasteiger partial charge in [0.25, 0.3) is 0 Å². The van der Waals surface area contributed by atoms with Gasteiger partial charge < -0.3 is 15.5 Å². The molecule has 1 aromatic heterocycles. The summed E-state index contributed by atoms with van der Waals surface area (Å²) in [4.78, 5) is 20.7. The Hall–Kier alpha value is -1.93. The number of piperazine rings is 1. The quantitative estimate of drug-likeness (QED) is 0.780. The summed E-state index contributed by atoms with van der Waals surface area (Å²) in [5.41, 5.74) is 6.73. The molecule has 148 valence electrons. The van der Waals surface area contributed by atoms with Crippen LogP contribution in [0.2, 0.25) is 5.02 Å². The van der Waals surface area contributed by atoms with Crippen LogP contribution in [0.25, 0.3) is 0 Å². The van der Waals surface area contributed by atoms with E-state index in [0.29, 0.717) is 18.2 Å². The van der Waals surface area contributed by atoms with Gasteiger partial charge in [0.15, 0.2) is 5.16 Å². The van der Waals surface area contributed by atoms with Crippen LogP contribution in [0.5, 0.6) is 0 Å². The number of thioether (sulfide) groups is 1. The lowest BCUT2D eigenvalue weighted by atomic mass is 10.2. The summed E-state index contributed by atoms with van der Waals surface area (Å²) < 4.78 is 1.56. The van der Waals surface area contributed by atoms with E-state index in [0.717, 1.165) is 23.8 Å². The number of hydrogen-bond acceptors (Lipinski definition) is 6. The lowest BCUT2D eigenvalue weighted by Gasteiger charge is -2.36. The van der Waals surface area contributed by atoms with E-state index in [1.807, 2.05) is 35.4 Å². The molecule has 0 atom stereocenters. The zero-order valence-corrected chi connectivity index (χ0v) is 17.6. The number of amides is 1. The number of benzene rings is 1. The van der Waals surface area contributed by atoms with E-state index in [1.165, 1.54) is 18.2 Å². The number of carbonyl (C=O) groups excluding carboxylic acids is 1. The number of aromatic nitrogens is 3. The Morgan fingerprint density at radius 2 is 1.78 bits per heavy atom. The first-order valence-electron chi connectivity index (χ1n) is 9.01. The molecule has 3 rings (SSSR count). The first kappa shape index (κ1) is 21.4. The maximum atomic E-state index is 12.5. The Kier molecular flexibility index (Phi) is 8.24. The second-order valence-electron chi connectivity index (χ2n) is 6.17. The second-order valence-corrected chi connectivity index (χ2v) is 7.38. The molecule has 0 spiro atoms. The third-order valence-electron chi connectivity index (χ3n) is 3.95. The normalized spacial score (nSPS) is 13.9. The first-order valence-corrected chi connectivity index (χ1v) is 10.6. The molecule has 9 heteroatoms. The monoisotopic (exact) mass is 410 g/mol. The molecule has 1 aliphatic heterocycles. The van der Waals surface area contributed by atoms with Crippen LogP contribution in [-0.4, -0.2) is 58.0 Å². The number of anilines is 2. The Morgan fingerprint density at radius 1 is 1.19 bits per heavy atom. The molecule has 27 heavy (non-hydrogen) atoms. The van der Waals surface area contributed by atoms with Gasteiger partial charge in [-0.05, 0) is 30.5 Å². The van der Waals surface area contributed by atoms with Crippen LogP contribution in [-0.2, 0) is 11.3 Å². The van der Waals surface area contributed by atoms with Gasteiger partial charge in [-0.15, -0.1) is 5.10 Å². The van der Waals surface area contributed by atoms with Crippen LogP contribution >= 0.6 is 23.4 Å². The third kappa shape index (κ3) is 6.04. The van der Waals surface area contributed by atoms with Gasteiger partial charge in [-0.1, -0.05) is 43.6 Å². The van der Waals surface area contributed by atoms with Crippen molar-refractivity contribution in [3.63, 3.8) is 0 Å². The molecule has 2 aromatic rings. The molecule has 0 aliphatic carbocycles. The van der Waals surface area contributed by atoms with Crippen molar-refractivity contribution in [2.45, 2.75) is 32.0 Å². The molecule has 0 saturated carbocycles. The molecule has 2 N–H and O–H groups in total. The lowest BCUT2D eigenvalue weighted by molar-refractivity contribution is -0.132. The number of carbonyl (C=O) groups is 1. The molecular weight excluding hydrogens is 384 g/mol. The smallest absolute Gasteiger partial charge is 0.244 e. The lowest BCUT2D eigenvalue weighted by Crippen LogP contribution is -2.49. The van der Waals surface area contributed by atoms with Gasteiger partial charge in [0.1, 0.15) is 6.54 Å². The van der Waals surface area contributed by atoms with Crippen molar-refractivity contribution in [2.24, 2.45) is 0 Å². The molecule has 1 fully saturated rings. The summed E-state index contributed by atoms with van der Waals surface area (Å²) in [6.45, 7) is 7.37. The van der Waals surface area contributed by atoms with Gasteiger partial charge in [-0.2, -0.15) is 4.98 Å². The van der Waals surface area contributed by atoms with Gasteiger partial charge in [0, 0.05) is 36.9 Å². The highest BCUT2D eigenvalue weighted by molar-refractivity contribution is 7.98. The summed E-state index contributed by atoms with van der Waals surface area (Å²) in [5, 5.41) is 5.46. The van der Waals surface area contributed by atoms with Crippen LogP contribution in [0.4, 0.5) is 11.6 Å². The van der Waals surface area contributed by atoms with Crippen molar-refractivity contribution < 1.29 is 4.79 Å². The number of halogens is 1. The number of nitrogen functional groups attached to an aromatic ring is 1. The van der Waals surface area contributed by atoms with Gasteiger partial charge in [0.2, 0.25) is 11.9 Å². The van der Waals surface area contributed by atoms with Crippen LogP contribution in [0.1, 0.15) is 20.3 Å². The Bertz CT molecular complexity index is 728. The van der Waals surface area contributed by atoms with E-state index >= 15 is 0 Å². The van der Waals surface area contributed by atoms with Crippen molar-refractivity contribution in [1.82, 2.24) is 19.7 Å². The number of rotatable bonds is 4. The molecule has 1 amide bonds. The zero-order valence-electron chi connectivity index (χ0n) is 16.1. The summed E-state index contributed by atoms with van der Waals surface area (Å²) in [5.74, 6) is 0.227. The predicted octanol–water partition coefficient (Wildman–Crippen LogP) is 3.00. The Balaban J connectivity index is 0.000000817. The molecule has 2 heterocycles. The zero-order chi connectivity index (χ0) is 19.8. The molecule has 1 aliphatic rings.